The lowest BCUT2D eigenvalue weighted by molar-refractivity contribution is 0.0463. The van der Waals surface area contributed by atoms with Gasteiger partial charge in [0.15, 0.2) is 0 Å². The summed E-state index contributed by atoms with van der Waals surface area (Å²) < 4.78 is 0. The Kier molecular flexibility index (Phi) is 3.57. The molecule has 0 aromatic heterocycles. The quantitative estimate of drug-likeness (QED) is 0.811. The van der Waals surface area contributed by atoms with E-state index in [1.807, 2.05) is 32.0 Å². The van der Waals surface area contributed by atoms with E-state index < -0.39 is 5.60 Å². The number of halogens is 1. The summed E-state index contributed by atoms with van der Waals surface area (Å²) in [5, 5.41) is 10.9. The molecule has 0 radical (unpaired) electrons. The molecule has 0 fully saturated rings. The predicted octanol–water partition coefficient (Wildman–Crippen LogP) is 3.66. The topological polar surface area (TPSA) is 20.2 Å². The molecule has 0 aliphatic carbocycles. The monoisotopic (exact) mass is 212 g/mol. The Labute approximate surface area is 90.7 Å². The molecule has 0 aliphatic heterocycles. The van der Waals surface area contributed by atoms with Crippen molar-refractivity contribution >= 4 is 11.6 Å². The molecule has 1 aromatic carbocycles. The van der Waals surface area contributed by atoms with Crippen LogP contribution in [0.3, 0.4) is 0 Å². The van der Waals surface area contributed by atoms with Crippen LogP contribution in [0.2, 0.25) is 5.02 Å². The van der Waals surface area contributed by atoms with Crippen molar-refractivity contribution in [3.8, 4) is 0 Å². The first-order valence-corrected chi connectivity index (χ1v) is 5.34. The van der Waals surface area contributed by atoms with Crippen molar-refractivity contribution in [2.24, 2.45) is 0 Å². The summed E-state index contributed by atoms with van der Waals surface area (Å²) in [6, 6.07) is 5.63. The molecule has 1 rings (SSSR count). The maximum Gasteiger partial charge on any atom is 0.0871 e. The maximum atomic E-state index is 10.2. The smallest absolute Gasteiger partial charge is 0.0871 e. The van der Waals surface area contributed by atoms with E-state index in [0.29, 0.717) is 0 Å². The Morgan fingerprint density at radius 1 is 1.43 bits per heavy atom. The zero-order valence-electron chi connectivity index (χ0n) is 8.97. The Bertz CT molecular complexity index is 318. The average Bonchev–Trinajstić information content (AvgIpc) is 2.02. The van der Waals surface area contributed by atoms with Crippen LogP contribution in [0.5, 0.6) is 0 Å². The van der Waals surface area contributed by atoms with Crippen LogP contribution in [0, 0.1) is 6.92 Å². The van der Waals surface area contributed by atoms with E-state index in [0.717, 1.165) is 29.0 Å². The first kappa shape index (κ1) is 11.5. The maximum absolute atomic E-state index is 10.2. The number of rotatable bonds is 3. The zero-order chi connectivity index (χ0) is 10.8. The summed E-state index contributed by atoms with van der Waals surface area (Å²) >= 11 is 5.86. The van der Waals surface area contributed by atoms with E-state index >= 15 is 0 Å². The van der Waals surface area contributed by atoms with Crippen LogP contribution in [0.1, 0.15) is 37.8 Å². The van der Waals surface area contributed by atoms with Gasteiger partial charge in [-0.05, 0) is 43.5 Å². The van der Waals surface area contributed by atoms with E-state index in [-0.39, 0.29) is 0 Å². The summed E-state index contributed by atoms with van der Waals surface area (Å²) in [5.41, 5.74) is 1.29. The van der Waals surface area contributed by atoms with E-state index in [9.17, 15) is 5.11 Å². The highest BCUT2D eigenvalue weighted by molar-refractivity contribution is 6.30. The van der Waals surface area contributed by atoms with Crippen molar-refractivity contribution < 1.29 is 5.11 Å². The number of hydrogen-bond donors (Lipinski definition) is 1. The van der Waals surface area contributed by atoms with Gasteiger partial charge in [-0.15, -0.1) is 0 Å². The van der Waals surface area contributed by atoms with Crippen molar-refractivity contribution in [2.45, 2.75) is 39.2 Å². The van der Waals surface area contributed by atoms with Crippen LogP contribution in [-0.2, 0) is 5.60 Å². The third-order valence-corrected chi connectivity index (χ3v) is 2.74. The molecule has 0 heterocycles. The van der Waals surface area contributed by atoms with Crippen LogP contribution in [0.25, 0.3) is 0 Å². The van der Waals surface area contributed by atoms with E-state index in [1.165, 1.54) is 0 Å². The molecule has 14 heavy (non-hydrogen) atoms. The summed E-state index contributed by atoms with van der Waals surface area (Å²) in [6.45, 7) is 5.90. The van der Waals surface area contributed by atoms with Crippen LogP contribution in [0.15, 0.2) is 18.2 Å². The van der Waals surface area contributed by atoms with Gasteiger partial charge in [0.05, 0.1) is 5.60 Å². The molecule has 0 bridgehead atoms. The summed E-state index contributed by atoms with van der Waals surface area (Å²) in [4.78, 5) is 0. The normalized spacial score (nSPS) is 15.2. The molecule has 0 aliphatic rings. The van der Waals surface area contributed by atoms with Gasteiger partial charge in [-0.1, -0.05) is 31.0 Å². The molecule has 1 unspecified atom stereocenters. The van der Waals surface area contributed by atoms with Gasteiger partial charge in [0.2, 0.25) is 0 Å². The van der Waals surface area contributed by atoms with Gasteiger partial charge in [-0.3, -0.25) is 0 Å². The third kappa shape index (κ3) is 2.49. The minimum Gasteiger partial charge on any atom is -0.385 e. The largest absolute Gasteiger partial charge is 0.385 e. The molecular weight excluding hydrogens is 196 g/mol. The molecule has 0 spiro atoms. The van der Waals surface area contributed by atoms with Gasteiger partial charge in [0.1, 0.15) is 0 Å². The molecule has 78 valence electrons. The Hall–Kier alpha value is -0.530. The Morgan fingerprint density at radius 3 is 2.57 bits per heavy atom. The van der Waals surface area contributed by atoms with Crippen molar-refractivity contribution in [2.75, 3.05) is 0 Å². The Morgan fingerprint density at radius 2 is 2.07 bits per heavy atom. The van der Waals surface area contributed by atoms with Crippen LogP contribution in [-0.4, -0.2) is 5.11 Å². The lowest BCUT2D eigenvalue weighted by Gasteiger charge is -2.25. The average molecular weight is 213 g/mol. The second-order valence-electron chi connectivity index (χ2n) is 3.98. The minimum atomic E-state index is -0.733. The molecule has 0 saturated carbocycles. The third-order valence-electron chi connectivity index (χ3n) is 2.51. The highest BCUT2D eigenvalue weighted by Gasteiger charge is 2.23. The zero-order valence-corrected chi connectivity index (χ0v) is 9.73. The van der Waals surface area contributed by atoms with Gasteiger partial charge < -0.3 is 5.11 Å². The van der Waals surface area contributed by atoms with Gasteiger partial charge in [0, 0.05) is 5.02 Å². The van der Waals surface area contributed by atoms with Crippen LogP contribution < -0.4 is 0 Å². The number of benzene rings is 1. The lowest BCUT2D eigenvalue weighted by Crippen LogP contribution is -2.21. The number of aliphatic hydroxyl groups is 1. The molecule has 2 heteroatoms. The summed E-state index contributed by atoms with van der Waals surface area (Å²) in [5.74, 6) is 0. The molecule has 0 saturated heterocycles. The standard InChI is InChI=1S/C12H17ClO/c1-4-7-12(3,14)11-6-5-10(13)8-9(11)2/h5-6,8,14H,4,7H2,1-3H3. The highest BCUT2D eigenvalue weighted by atomic mass is 35.5. The first-order valence-electron chi connectivity index (χ1n) is 4.96. The van der Waals surface area contributed by atoms with Gasteiger partial charge in [0.25, 0.3) is 0 Å². The van der Waals surface area contributed by atoms with Crippen molar-refractivity contribution in [3.63, 3.8) is 0 Å². The Balaban J connectivity index is 3.06. The van der Waals surface area contributed by atoms with Crippen LogP contribution >= 0.6 is 11.6 Å². The van der Waals surface area contributed by atoms with Gasteiger partial charge >= 0.3 is 0 Å². The molecule has 0 amide bonds. The van der Waals surface area contributed by atoms with Gasteiger partial charge in [-0.2, -0.15) is 0 Å². The number of aryl methyl sites for hydroxylation is 1. The molecule has 1 atom stereocenters. The second-order valence-corrected chi connectivity index (χ2v) is 4.42. The number of hydrogen-bond acceptors (Lipinski definition) is 1. The second kappa shape index (κ2) is 4.33. The minimum absolute atomic E-state index is 0.721. The van der Waals surface area contributed by atoms with E-state index in [4.69, 9.17) is 11.6 Å². The molecule has 1 aromatic rings. The first-order chi connectivity index (χ1) is 6.47. The van der Waals surface area contributed by atoms with Crippen molar-refractivity contribution in [1.29, 1.82) is 0 Å². The van der Waals surface area contributed by atoms with E-state index in [1.54, 1.807) is 0 Å². The lowest BCUT2D eigenvalue weighted by atomic mass is 9.88. The summed E-state index contributed by atoms with van der Waals surface area (Å²) in [7, 11) is 0. The predicted molar refractivity (Wildman–Crippen MR) is 60.7 cm³/mol. The van der Waals surface area contributed by atoms with Gasteiger partial charge in [-0.25, -0.2) is 0 Å². The van der Waals surface area contributed by atoms with E-state index in [2.05, 4.69) is 6.92 Å². The fourth-order valence-electron chi connectivity index (χ4n) is 1.85. The van der Waals surface area contributed by atoms with Crippen LogP contribution in [0.4, 0.5) is 0 Å². The highest BCUT2D eigenvalue weighted by Crippen LogP contribution is 2.29. The summed E-state index contributed by atoms with van der Waals surface area (Å²) in [6.07, 6.45) is 1.74. The fraction of sp³-hybridized carbons (Fsp3) is 0.500. The molecule has 1 nitrogen and oxygen atoms in total. The molecule has 1 N–H and O–H groups in total. The molecular formula is C12H17ClO. The SMILES string of the molecule is CCCC(C)(O)c1ccc(Cl)cc1C. The van der Waals surface area contributed by atoms with Crippen molar-refractivity contribution in [1.82, 2.24) is 0 Å². The fourth-order valence-corrected chi connectivity index (χ4v) is 2.08. The van der Waals surface area contributed by atoms with Crippen molar-refractivity contribution in [3.05, 3.63) is 34.3 Å².